The number of alkyl carbamates (subject to hydrolysis) is 1. The van der Waals surface area contributed by atoms with Gasteiger partial charge in [-0.15, -0.1) is 0 Å². The van der Waals surface area contributed by atoms with Crippen LogP contribution in [0.1, 0.15) is 47.1 Å². The third-order valence-corrected chi connectivity index (χ3v) is 15.7. The predicted octanol–water partition coefficient (Wildman–Crippen LogP) is 5.89. The van der Waals surface area contributed by atoms with Crippen molar-refractivity contribution in [3.63, 3.8) is 0 Å². The lowest BCUT2D eigenvalue weighted by Gasteiger charge is -2.41. The normalized spacial score (nSPS) is 15.1. The summed E-state index contributed by atoms with van der Waals surface area (Å²) < 4.78 is 18.1. The Morgan fingerprint density at radius 1 is 0.969 bits per heavy atom. The van der Waals surface area contributed by atoms with Crippen molar-refractivity contribution in [2.24, 2.45) is 0 Å². The first-order valence-corrected chi connectivity index (χ1v) is 17.1. The maximum atomic E-state index is 12.6. The third kappa shape index (κ3) is 8.46. The molecule has 182 valence electrons. The quantitative estimate of drug-likeness (QED) is 0.333. The van der Waals surface area contributed by atoms with Crippen LogP contribution < -0.4 is 5.32 Å². The van der Waals surface area contributed by atoms with Crippen molar-refractivity contribution in [1.29, 1.82) is 0 Å². The Morgan fingerprint density at radius 3 is 1.97 bits per heavy atom. The molecule has 1 amide bonds. The van der Waals surface area contributed by atoms with Crippen LogP contribution in [-0.4, -0.2) is 47.8 Å². The highest BCUT2D eigenvalue weighted by molar-refractivity contribution is 6.74. The highest BCUT2D eigenvalue weighted by Gasteiger charge is 2.43. The minimum absolute atomic E-state index is 0.00231. The van der Waals surface area contributed by atoms with Crippen LogP contribution in [0.4, 0.5) is 4.79 Å². The topological polar surface area (TPSA) is 73.9 Å². The number of carbonyl (C=O) groups excluding carboxylic acids is 2. The van der Waals surface area contributed by atoms with Gasteiger partial charge in [0.25, 0.3) is 0 Å². The number of benzene rings is 1. The number of carbonyl (C=O) groups is 2. The lowest BCUT2D eigenvalue weighted by molar-refractivity contribution is -0.115. The van der Waals surface area contributed by atoms with Crippen molar-refractivity contribution >= 4 is 29.0 Å². The van der Waals surface area contributed by atoms with E-state index in [1.54, 1.807) is 0 Å². The van der Waals surface area contributed by atoms with Gasteiger partial charge in [-0.05, 0) is 41.8 Å². The summed E-state index contributed by atoms with van der Waals surface area (Å²) in [5, 5.41) is 2.76. The molecule has 0 saturated carbocycles. The van der Waals surface area contributed by atoms with Crippen molar-refractivity contribution in [1.82, 2.24) is 5.32 Å². The molecule has 0 aliphatic heterocycles. The summed E-state index contributed by atoms with van der Waals surface area (Å²) in [5.41, 5.74) is 0.890. The first kappa shape index (κ1) is 28.5. The van der Waals surface area contributed by atoms with E-state index in [0.29, 0.717) is 0 Å². The van der Waals surface area contributed by atoms with Crippen LogP contribution in [0, 0.1) is 0 Å². The van der Waals surface area contributed by atoms with Gasteiger partial charge in [-0.2, -0.15) is 0 Å². The molecule has 1 aromatic carbocycles. The molecule has 6 nitrogen and oxygen atoms in total. The van der Waals surface area contributed by atoms with Crippen LogP contribution >= 0.6 is 0 Å². The van der Waals surface area contributed by atoms with Gasteiger partial charge in [0.05, 0.1) is 12.6 Å². The maximum absolute atomic E-state index is 12.6. The largest absolute Gasteiger partial charge is 0.445 e. The van der Waals surface area contributed by atoms with E-state index in [9.17, 15) is 9.59 Å². The molecule has 0 aromatic heterocycles. The Hall–Kier alpha value is -1.49. The number of hydrogen-bond donors (Lipinski definition) is 1. The van der Waals surface area contributed by atoms with E-state index in [-0.39, 0.29) is 23.3 Å². The van der Waals surface area contributed by atoms with E-state index in [0.717, 1.165) is 11.8 Å². The summed E-state index contributed by atoms with van der Waals surface area (Å²) in [6.07, 6.45) is -0.634. The van der Waals surface area contributed by atoms with E-state index < -0.39 is 34.9 Å². The second-order valence-corrected chi connectivity index (χ2v) is 20.9. The van der Waals surface area contributed by atoms with E-state index in [4.69, 9.17) is 13.6 Å². The Morgan fingerprint density at radius 2 is 1.50 bits per heavy atom. The molecule has 0 saturated heterocycles. The minimum atomic E-state index is -2.25. The molecule has 0 heterocycles. The molecule has 2 atom stereocenters. The summed E-state index contributed by atoms with van der Waals surface area (Å²) >= 11 is 0. The monoisotopic (exact) mass is 481 g/mol. The van der Waals surface area contributed by atoms with E-state index in [2.05, 4.69) is 73.0 Å². The van der Waals surface area contributed by atoms with E-state index in [1.807, 2.05) is 30.3 Å². The smallest absolute Gasteiger partial charge is 0.407 e. The van der Waals surface area contributed by atoms with Crippen LogP contribution in [0.3, 0.4) is 0 Å². The van der Waals surface area contributed by atoms with Crippen LogP contribution in [-0.2, 0) is 25.0 Å². The number of amides is 1. The van der Waals surface area contributed by atoms with Crippen LogP contribution in [0.2, 0.25) is 36.3 Å². The van der Waals surface area contributed by atoms with Crippen molar-refractivity contribution in [3.8, 4) is 0 Å². The number of ether oxygens (including phenoxy) is 1. The molecule has 0 aliphatic rings. The van der Waals surface area contributed by atoms with E-state index in [1.165, 1.54) is 0 Å². The van der Waals surface area contributed by atoms with Gasteiger partial charge in [-0.1, -0.05) is 71.9 Å². The van der Waals surface area contributed by atoms with Crippen LogP contribution in [0.25, 0.3) is 0 Å². The lowest BCUT2D eigenvalue weighted by Crippen LogP contribution is -2.55. The fourth-order valence-corrected chi connectivity index (χ4v) is 4.65. The fourth-order valence-electron chi connectivity index (χ4n) is 2.37. The zero-order valence-corrected chi connectivity index (χ0v) is 23.6. The van der Waals surface area contributed by atoms with Gasteiger partial charge >= 0.3 is 6.09 Å². The molecular formula is C24H43NO5Si2. The van der Waals surface area contributed by atoms with Crippen molar-refractivity contribution in [2.75, 3.05) is 6.61 Å². The standard InChI is InChI=1S/C24H43NO5Si2/c1-23(2,3)31(7,8)29-18-20(21(16-26)30-32(9,10)24(4,5)6)25-22(27)28-17-19-14-12-11-13-15-19/h11-16,20-21H,17-18H2,1-10H3,(H,25,27)/t20-,21-/m0/s1. The van der Waals surface area contributed by atoms with Crippen LogP contribution in [0.15, 0.2) is 30.3 Å². The van der Waals surface area contributed by atoms with Crippen molar-refractivity contribution < 1.29 is 23.2 Å². The molecule has 0 aliphatic carbocycles. The first-order chi connectivity index (χ1) is 14.5. The van der Waals surface area contributed by atoms with Crippen LogP contribution in [0.5, 0.6) is 0 Å². The molecule has 1 rings (SSSR count). The number of rotatable bonds is 10. The fraction of sp³-hybridized carbons (Fsp3) is 0.667. The molecule has 1 N–H and O–H groups in total. The molecule has 0 bridgehead atoms. The van der Waals surface area contributed by atoms with Crippen molar-refractivity contribution in [3.05, 3.63) is 35.9 Å². The summed E-state index contributed by atoms with van der Waals surface area (Å²) in [4.78, 5) is 24.7. The maximum Gasteiger partial charge on any atom is 0.407 e. The van der Waals surface area contributed by atoms with Gasteiger partial charge in [0.2, 0.25) is 0 Å². The summed E-state index contributed by atoms with van der Waals surface area (Å²) in [6, 6.07) is 8.83. The van der Waals surface area contributed by atoms with Gasteiger partial charge in [-0.25, -0.2) is 4.79 Å². The molecule has 0 unspecified atom stereocenters. The molecule has 1 aromatic rings. The lowest BCUT2D eigenvalue weighted by atomic mass is 10.2. The zero-order valence-electron chi connectivity index (χ0n) is 21.6. The SMILES string of the molecule is CC(C)(C)[Si](C)(C)OC[C@H](NC(=O)OCc1ccccc1)[C@H](C=O)O[Si](C)(C)C(C)(C)C. The third-order valence-electron chi connectivity index (χ3n) is 6.71. The average molecular weight is 482 g/mol. The Kier molecular flexibility index (Phi) is 9.89. The second kappa shape index (κ2) is 11.1. The summed E-state index contributed by atoms with van der Waals surface area (Å²) in [5.74, 6) is 0. The average Bonchev–Trinajstić information content (AvgIpc) is 2.67. The summed E-state index contributed by atoms with van der Waals surface area (Å²) in [6.45, 7) is 21.6. The number of aldehydes is 1. The Labute approximate surface area is 196 Å². The molecule has 0 radical (unpaired) electrons. The Balaban J connectivity index is 3.00. The first-order valence-electron chi connectivity index (χ1n) is 11.2. The molecule has 32 heavy (non-hydrogen) atoms. The summed E-state index contributed by atoms with van der Waals surface area (Å²) in [7, 11) is -4.35. The van der Waals surface area contributed by atoms with E-state index >= 15 is 0 Å². The molecule has 0 spiro atoms. The number of nitrogens with one attached hydrogen (secondary N) is 1. The minimum Gasteiger partial charge on any atom is -0.445 e. The molecule has 8 heteroatoms. The molecule has 0 fully saturated rings. The van der Waals surface area contributed by atoms with Gasteiger partial charge in [0.1, 0.15) is 19.0 Å². The van der Waals surface area contributed by atoms with Gasteiger partial charge < -0.3 is 23.7 Å². The highest BCUT2D eigenvalue weighted by Crippen LogP contribution is 2.38. The number of hydrogen-bond acceptors (Lipinski definition) is 5. The predicted molar refractivity (Wildman–Crippen MR) is 135 cm³/mol. The highest BCUT2D eigenvalue weighted by atomic mass is 28.4. The van der Waals surface area contributed by atoms with Gasteiger partial charge in [0, 0.05) is 0 Å². The van der Waals surface area contributed by atoms with Gasteiger partial charge in [0.15, 0.2) is 16.6 Å². The molecular weight excluding hydrogens is 438 g/mol. The van der Waals surface area contributed by atoms with Crippen molar-refractivity contribution in [2.45, 2.75) is 96.6 Å². The van der Waals surface area contributed by atoms with Gasteiger partial charge in [-0.3, -0.25) is 0 Å². The Bertz CT molecular complexity index is 739. The zero-order chi connectivity index (χ0) is 24.8. The second-order valence-electron chi connectivity index (χ2n) is 11.4.